The minimum atomic E-state index is -0.498. The number of nitro groups is 1. The van der Waals surface area contributed by atoms with Crippen LogP contribution < -0.4 is 5.32 Å². The zero-order chi connectivity index (χ0) is 19.8. The van der Waals surface area contributed by atoms with Crippen molar-refractivity contribution in [2.45, 2.75) is 18.9 Å². The highest BCUT2D eigenvalue weighted by Crippen LogP contribution is 2.22. The van der Waals surface area contributed by atoms with Gasteiger partial charge in [-0.2, -0.15) is 0 Å². The van der Waals surface area contributed by atoms with Crippen LogP contribution in [-0.2, 0) is 4.74 Å². The SMILES string of the molecule is O=C(NCCCCN1CCOC(c2ccccc2)C1)c1cccc([N+](=O)[O-])c1. The van der Waals surface area contributed by atoms with Gasteiger partial charge in [0.25, 0.3) is 11.6 Å². The van der Waals surface area contributed by atoms with E-state index in [4.69, 9.17) is 4.74 Å². The first-order chi connectivity index (χ1) is 13.6. The lowest BCUT2D eigenvalue weighted by Gasteiger charge is -2.33. The summed E-state index contributed by atoms with van der Waals surface area (Å²) in [5.41, 5.74) is 1.44. The van der Waals surface area contributed by atoms with E-state index in [1.54, 1.807) is 6.07 Å². The minimum absolute atomic E-state index is 0.0760. The number of nitrogens with zero attached hydrogens (tertiary/aromatic N) is 2. The Hall–Kier alpha value is -2.77. The van der Waals surface area contributed by atoms with Crippen LogP contribution in [0.2, 0.25) is 0 Å². The summed E-state index contributed by atoms with van der Waals surface area (Å²) in [5.74, 6) is -0.279. The van der Waals surface area contributed by atoms with Crippen LogP contribution in [0.4, 0.5) is 5.69 Å². The molecular weight excluding hydrogens is 358 g/mol. The Morgan fingerprint density at radius 1 is 1.18 bits per heavy atom. The van der Waals surface area contributed by atoms with Crippen LogP contribution in [-0.4, -0.2) is 48.5 Å². The fourth-order valence-corrected chi connectivity index (χ4v) is 3.30. The lowest BCUT2D eigenvalue weighted by Crippen LogP contribution is -2.39. The number of benzene rings is 2. The van der Waals surface area contributed by atoms with Crippen LogP contribution in [0.15, 0.2) is 54.6 Å². The van der Waals surface area contributed by atoms with Gasteiger partial charge in [0, 0.05) is 37.3 Å². The Balaban J connectivity index is 1.37. The largest absolute Gasteiger partial charge is 0.371 e. The highest BCUT2D eigenvalue weighted by atomic mass is 16.6. The third-order valence-corrected chi connectivity index (χ3v) is 4.83. The van der Waals surface area contributed by atoms with Gasteiger partial charge in [-0.05, 0) is 31.0 Å². The molecule has 2 aromatic rings. The van der Waals surface area contributed by atoms with E-state index in [-0.39, 0.29) is 17.7 Å². The predicted molar refractivity (Wildman–Crippen MR) is 106 cm³/mol. The highest BCUT2D eigenvalue weighted by Gasteiger charge is 2.21. The third-order valence-electron chi connectivity index (χ3n) is 4.83. The van der Waals surface area contributed by atoms with Gasteiger partial charge in [-0.1, -0.05) is 36.4 Å². The molecule has 0 saturated carbocycles. The van der Waals surface area contributed by atoms with Crippen LogP contribution >= 0.6 is 0 Å². The number of ether oxygens (including phenoxy) is 1. The van der Waals surface area contributed by atoms with Gasteiger partial charge >= 0.3 is 0 Å². The zero-order valence-corrected chi connectivity index (χ0v) is 15.8. The number of carbonyl (C=O) groups excluding carboxylic acids is 1. The molecule has 0 radical (unpaired) electrons. The number of rotatable bonds is 8. The average Bonchev–Trinajstić information content (AvgIpc) is 2.74. The summed E-state index contributed by atoms with van der Waals surface area (Å²) in [6, 6.07) is 16.0. The first kappa shape index (κ1) is 20.0. The van der Waals surface area contributed by atoms with Gasteiger partial charge in [-0.15, -0.1) is 0 Å². The van der Waals surface area contributed by atoms with Gasteiger partial charge in [0.1, 0.15) is 0 Å². The van der Waals surface area contributed by atoms with Crippen molar-refractivity contribution in [2.24, 2.45) is 0 Å². The van der Waals surface area contributed by atoms with Crippen LogP contribution in [0, 0.1) is 10.1 Å². The molecular formula is C21H25N3O4. The molecule has 7 heteroatoms. The summed E-state index contributed by atoms with van der Waals surface area (Å²) in [6.45, 7) is 4.03. The molecule has 7 nitrogen and oxygen atoms in total. The van der Waals surface area contributed by atoms with Crippen LogP contribution in [0.5, 0.6) is 0 Å². The molecule has 0 bridgehead atoms. The average molecular weight is 383 g/mol. The quantitative estimate of drug-likeness (QED) is 0.430. The van der Waals surface area contributed by atoms with Crippen molar-refractivity contribution in [1.82, 2.24) is 10.2 Å². The summed E-state index contributed by atoms with van der Waals surface area (Å²) >= 11 is 0. The fraction of sp³-hybridized carbons (Fsp3) is 0.381. The number of hydrogen-bond donors (Lipinski definition) is 1. The molecule has 1 unspecified atom stereocenters. The summed E-state index contributed by atoms with van der Waals surface area (Å²) in [6.07, 6.45) is 1.94. The van der Waals surface area contributed by atoms with Crippen molar-refractivity contribution in [3.8, 4) is 0 Å². The van der Waals surface area contributed by atoms with Gasteiger partial charge in [0.2, 0.25) is 0 Å². The van der Waals surface area contributed by atoms with Gasteiger partial charge in [-0.3, -0.25) is 19.8 Å². The molecule has 2 aromatic carbocycles. The van der Waals surface area contributed by atoms with E-state index in [9.17, 15) is 14.9 Å². The molecule has 1 fully saturated rings. The zero-order valence-electron chi connectivity index (χ0n) is 15.8. The number of carbonyl (C=O) groups is 1. The van der Waals surface area contributed by atoms with E-state index in [1.807, 2.05) is 18.2 Å². The maximum absolute atomic E-state index is 12.1. The second-order valence-electron chi connectivity index (χ2n) is 6.84. The van der Waals surface area contributed by atoms with Crippen molar-refractivity contribution in [3.05, 3.63) is 75.8 Å². The van der Waals surface area contributed by atoms with E-state index in [0.717, 1.165) is 39.1 Å². The Morgan fingerprint density at radius 3 is 2.79 bits per heavy atom. The molecule has 1 aliphatic heterocycles. The molecule has 0 aliphatic carbocycles. The molecule has 1 aliphatic rings. The molecule has 3 rings (SSSR count). The smallest absolute Gasteiger partial charge is 0.270 e. The first-order valence-electron chi connectivity index (χ1n) is 9.55. The molecule has 1 saturated heterocycles. The Bertz CT molecular complexity index is 797. The first-order valence-corrected chi connectivity index (χ1v) is 9.55. The van der Waals surface area contributed by atoms with E-state index in [0.29, 0.717) is 12.1 Å². The van der Waals surface area contributed by atoms with Crippen molar-refractivity contribution in [1.29, 1.82) is 0 Å². The van der Waals surface area contributed by atoms with Crippen molar-refractivity contribution >= 4 is 11.6 Å². The molecule has 1 N–H and O–H groups in total. The highest BCUT2D eigenvalue weighted by molar-refractivity contribution is 5.94. The lowest BCUT2D eigenvalue weighted by atomic mass is 10.1. The molecule has 148 valence electrons. The van der Waals surface area contributed by atoms with Crippen molar-refractivity contribution < 1.29 is 14.5 Å². The maximum Gasteiger partial charge on any atom is 0.270 e. The molecule has 1 atom stereocenters. The van der Waals surface area contributed by atoms with E-state index >= 15 is 0 Å². The summed E-state index contributed by atoms with van der Waals surface area (Å²) in [7, 11) is 0. The number of unbranched alkanes of at least 4 members (excludes halogenated alkanes) is 1. The Morgan fingerprint density at radius 2 is 2.00 bits per heavy atom. The molecule has 0 spiro atoms. The second-order valence-corrected chi connectivity index (χ2v) is 6.84. The molecule has 0 aromatic heterocycles. The summed E-state index contributed by atoms with van der Waals surface area (Å²) in [4.78, 5) is 24.8. The number of amides is 1. The number of morpholine rings is 1. The second kappa shape index (κ2) is 9.96. The van der Waals surface area contributed by atoms with Gasteiger partial charge in [0.15, 0.2) is 0 Å². The van der Waals surface area contributed by atoms with Crippen molar-refractivity contribution in [3.63, 3.8) is 0 Å². The van der Waals surface area contributed by atoms with E-state index < -0.39 is 4.92 Å². The summed E-state index contributed by atoms with van der Waals surface area (Å²) < 4.78 is 5.88. The Kier molecular flexibility index (Phi) is 7.11. The standard InChI is InChI=1S/C21H25N3O4/c25-21(18-9-6-10-19(15-18)24(26)27)22-11-4-5-12-23-13-14-28-20(16-23)17-7-2-1-3-8-17/h1-3,6-10,15,20H,4-5,11-14,16H2,(H,22,25). The van der Waals surface area contributed by atoms with Gasteiger partial charge in [0.05, 0.1) is 17.6 Å². The molecule has 28 heavy (non-hydrogen) atoms. The van der Waals surface area contributed by atoms with Gasteiger partial charge in [-0.25, -0.2) is 0 Å². The van der Waals surface area contributed by atoms with E-state index in [1.165, 1.54) is 23.8 Å². The van der Waals surface area contributed by atoms with E-state index in [2.05, 4.69) is 22.3 Å². The van der Waals surface area contributed by atoms with Crippen LogP contribution in [0.25, 0.3) is 0 Å². The van der Waals surface area contributed by atoms with Gasteiger partial charge < -0.3 is 10.1 Å². The fourth-order valence-electron chi connectivity index (χ4n) is 3.30. The summed E-state index contributed by atoms with van der Waals surface area (Å²) in [5, 5.41) is 13.6. The number of non-ortho nitro benzene ring substituents is 1. The molecule has 1 amide bonds. The number of hydrogen-bond acceptors (Lipinski definition) is 5. The van der Waals surface area contributed by atoms with Crippen molar-refractivity contribution in [2.75, 3.05) is 32.8 Å². The molecule has 1 heterocycles. The minimum Gasteiger partial charge on any atom is -0.371 e. The third kappa shape index (κ3) is 5.61. The maximum atomic E-state index is 12.1. The van der Waals surface area contributed by atoms with Crippen LogP contribution in [0.3, 0.4) is 0 Å². The number of nitro benzene ring substituents is 1. The van der Waals surface area contributed by atoms with Crippen LogP contribution in [0.1, 0.15) is 34.9 Å². The topological polar surface area (TPSA) is 84.7 Å². The normalized spacial score (nSPS) is 17.2. The lowest BCUT2D eigenvalue weighted by molar-refractivity contribution is -0.384. The monoisotopic (exact) mass is 383 g/mol. The Labute approximate surface area is 164 Å². The predicted octanol–water partition coefficient (Wildman–Crippen LogP) is 3.18. The number of nitrogens with one attached hydrogen (secondary N) is 1.